The molecule has 208 valence electrons. The highest BCUT2D eigenvalue weighted by Crippen LogP contribution is 2.25. The van der Waals surface area contributed by atoms with E-state index in [0.717, 1.165) is 21.0 Å². The van der Waals surface area contributed by atoms with Crippen LogP contribution in [0.15, 0.2) is 83.8 Å². The van der Waals surface area contributed by atoms with Gasteiger partial charge in [-0.3, -0.25) is 13.9 Å². The van der Waals surface area contributed by atoms with Crippen LogP contribution in [0, 0.1) is 13.8 Å². The lowest BCUT2D eigenvalue weighted by Gasteiger charge is -2.33. The summed E-state index contributed by atoms with van der Waals surface area (Å²) in [7, 11) is -4.07. The van der Waals surface area contributed by atoms with E-state index in [1.54, 1.807) is 49.4 Å². The molecule has 0 fully saturated rings. The van der Waals surface area contributed by atoms with E-state index >= 15 is 0 Å². The summed E-state index contributed by atoms with van der Waals surface area (Å²) < 4.78 is 28.9. The van der Waals surface area contributed by atoms with Gasteiger partial charge in [0, 0.05) is 12.1 Å². The Hall–Kier alpha value is -3.65. The number of sulfonamides is 1. The van der Waals surface area contributed by atoms with Crippen molar-refractivity contribution in [3.8, 4) is 0 Å². The number of hydrogen-bond donors (Lipinski definition) is 1. The number of nitrogens with zero attached hydrogens (tertiary/aromatic N) is 2. The molecule has 0 bridgehead atoms. The number of carbonyl (C=O) groups is 2. The molecule has 0 saturated carbocycles. The van der Waals surface area contributed by atoms with Crippen molar-refractivity contribution in [1.29, 1.82) is 0 Å². The summed E-state index contributed by atoms with van der Waals surface area (Å²) in [6.07, 6.45) is 0.523. The predicted octanol–water partition coefficient (Wildman–Crippen LogP) is 4.87. The summed E-state index contributed by atoms with van der Waals surface area (Å²) in [5, 5.41) is 2.94. The highest BCUT2D eigenvalue weighted by Gasteiger charge is 2.33. The lowest BCUT2D eigenvalue weighted by atomic mass is 10.1. The number of rotatable bonds is 10. The van der Waals surface area contributed by atoms with Crippen LogP contribution in [0.2, 0.25) is 0 Å². The van der Waals surface area contributed by atoms with E-state index in [1.807, 2.05) is 71.0 Å². The Morgan fingerprint density at radius 1 is 0.872 bits per heavy atom. The van der Waals surface area contributed by atoms with Crippen molar-refractivity contribution in [1.82, 2.24) is 10.2 Å². The van der Waals surface area contributed by atoms with Crippen molar-refractivity contribution in [2.75, 3.05) is 17.4 Å². The number of hydrogen-bond acceptors (Lipinski definition) is 4. The third-order valence-electron chi connectivity index (χ3n) is 6.33. The topological polar surface area (TPSA) is 86.8 Å². The van der Waals surface area contributed by atoms with Gasteiger partial charge in [0.15, 0.2) is 0 Å². The third kappa shape index (κ3) is 8.17. The average molecular weight is 550 g/mol. The van der Waals surface area contributed by atoms with Gasteiger partial charge in [0.25, 0.3) is 10.0 Å². The molecule has 0 heterocycles. The van der Waals surface area contributed by atoms with Gasteiger partial charge in [0.1, 0.15) is 12.6 Å². The fraction of sp³-hybridized carbons (Fsp3) is 0.355. The summed E-state index contributed by atoms with van der Waals surface area (Å²) in [5.74, 6) is -0.757. The van der Waals surface area contributed by atoms with E-state index in [2.05, 4.69) is 5.32 Å². The van der Waals surface area contributed by atoms with E-state index < -0.39 is 34.1 Å². The van der Waals surface area contributed by atoms with Gasteiger partial charge in [-0.25, -0.2) is 8.42 Å². The first kappa shape index (κ1) is 29.9. The predicted molar refractivity (Wildman–Crippen MR) is 156 cm³/mol. The van der Waals surface area contributed by atoms with Gasteiger partial charge in [0.05, 0.1) is 10.6 Å². The molecule has 0 spiro atoms. The molecule has 3 aromatic carbocycles. The summed E-state index contributed by atoms with van der Waals surface area (Å²) in [5.41, 5.74) is 2.71. The summed E-state index contributed by atoms with van der Waals surface area (Å²) >= 11 is 0. The Morgan fingerprint density at radius 2 is 1.51 bits per heavy atom. The molecule has 0 saturated heterocycles. The zero-order chi connectivity index (χ0) is 28.8. The zero-order valence-corrected chi connectivity index (χ0v) is 24.5. The van der Waals surface area contributed by atoms with Gasteiger partial charge < -0.3 is 10.2 Å². The smallest absolute Gasteiger partial charge is 0.264 e. The van der Waals surface area contributed by atoms with Gasteiger partial charge in [-0.05, 0) is 83.4 Å². The van der Waals surface area contributed by atoms with Gasteiger partial charge in [-0.1, -0.05) is 60.2 Å². The van der Waals surface area contributed by atoms with Crippen LogP contribution < -0.4 is 9.62 Å². The average Bonchev–Trinajstić information content (AvgIpc) is 2.87. The Bertz CT molecular complexity index is 1380. The maximum atomic E-state index is 13.9. The fourth-order valence-electron chi connectivity index (χ4n) is 4.19. The zero-order valence-electron chi connectivity index (χ0n) is 23.6. The van der Waals surface area contributed by atoms with E-state index in [0.29, 0.717) is 12.1 Å². The van der Waals surface area contributed by atoms with Crippen molar-refractivity contribution in [3.05, 3.63) is 95.6 Å². The molecule has 8 heteroatoms. The lowest BCUT2D eigenvalue weighted by molar-refractivity contribution is -0.139. The largest absolute Gasteiger partial charge is 0.350 e. The maximum Gasteiger partial charge on any atom is 0.264 e. The van der Waals surface area contributed by atoms with Crippen LogP contribution in [0.5, 0.6) is 0 Å². The molecular weight excluding hydrogens is 510 g/mol. The minimum Gasteiger partial charge on any atom is -0.350 e. The second kappa shape index (κ2) is 12.5. The normalized spacial score (nSPS) is 12.5. The number of amides is 2. The highest BCUT2D eigenvalue weighted by atomic mass is 32.2. The minimum absolute atomic E-state index is 0.0942. The number of benzene rings is 3. The van der Waals surface area contributed by atoms with Crippen LogP contribution in [0.3, 0.4) is 0 Å². The molecule has 1 atom stereocenters. The molecule has 1 unspecified atom stereocenters. The molecule has 3 aromatic rings. The molecule has 3 rings (SSSR count). The van der Waals surface area contributed by atoms with Crippen LogP contribution in [0.4, 0.5) is 5.69 Å². The van der Waals surface area contributed by atoms with Crippen LogP contribution >= 0.6 is 0 Å². The second-order valence-corrected chi connectivity index (χ2v) is 12.8. The second-order valence-electron chi connectivity index (χ2n) is 10.9. The molecule has 1 N–H and O–H groups in total. The van der Waals surface area contributed by atoms with Crippen molar-refractivity contribution in [2.24, 2.45) is 0 Å². The number of carbonyl (C=O) groups excluding carboxylic acids is 2. The molecule has 0 aliphatic rings. The summed E-state index contributed by atoms with van der Waals surface area (Å²) in [6, 6.07) is 22.5. The van der Waals surface area contributed by atoms with Gasteiger partial charge in [-0.2, -0.15) is 0 Å². The maximum absolute atomic E-state index is 13.9. The quantitative estimate of drug-likeness (QED) is 0.391. The van der Waals surface area contributed by atoms with E-state index in [-0.39, 0.29) is 17.3 Å². The molecular formula is C31H39N3O4S. The van der Waals surface area contributed by atoms with Crippen LogP contribution in [-0.2, 0) is 26.0 Å². The monoisotopic (exact) mass is 549 g/mol. The van der Waals surface area contributed by atoms with Gasteiger partial charge >= 0.3 is 0 Å². The first-order valence-electron chi connectivity index (χ1n) is 13.1. The van der Waals surface area contributed by atoms with E-state index in [1.165, 1.54) is 4.90 Å². The molecule has 0 aromatic heterocycles. The molecule has 39 heavy (non-hydrogen) atoms. The highest BCUT2D eigenvalue weighted by molar-refractivity contribution is 7.92. The standard InChI is InChI=1S/C31H39N3O4S/c1-23-15-17-28(18-16-23)39(37,38)34(27-14-10-11-24(2)21-27)22-29(35)33(20-19-26-12-8-7-9-13-26)25(3)30(36)32-31(4,5)6/h7-18,21,25H,19-20,22H2,1-6H3,(H,32,36). The third-order valence-corrected chi connectivity index (χ3v) is 8.12. The summed E-state index contributed by atoms with van der Waals surface area (Å²) in [6.45, 7) is 10.9. The lowest BCUT2D eigenvalue weighted by Crippen LogP contribution is -2.55. The van der Waals surface area contributed by atoms with E-state index in [9.17, 15) is 18.0 Å². The molecule has 0 aliphatic heterocycles. The Morgan fingerprint density at radius 3 is 2.10 bits per heavy atom. The van der Waals surface area contributed by atoms with Crippen molar-refractivity contribution in [2.45, 2.75) is 64.4 Å². The van der Waals surface area contributed by atoms with Gasteiger partial charge in [-0.15, -0.1) is 0 Å². The van der Waals surface area contributed by atoms with Crippen molar-refractivity contribution in [3.63, 3.8) is 0 Å². The Labute approximate surface area is 232 Å². The van der Waals surface area contributed by atoms with E-state index in [4.69, 9.17) is 0 Å². The molecule has 2 amide bonds. The SMILES string of the molecule is Cc1ccc(S(=O)(=O)N(CC(=O)N(CCc2ccccc2)C(C)C(=O)NC(C)(C)C)c2cccc(C)c2)cc1. The molecule has 7 nitrogen and oxygen atoms in total. The van der Waals surface area contributed by atoms with Crippen LogP contribution in [-0.4, -0.2) is 49.8 Å². The molecule has 0 radical (unpaired) electrons. The Kier molecular flexibility index (Phi) is 9.56. The van der Waals surface area contributed by atoms with Crippen molar-refractivity contribution >= 4 is 27.5 Å². The number of nitrogens with one attached hydrogen (secondary N) is 1. The van der Waals surface area contributed by atoms with Crippen molar-refractivity contribution < 1.29 is 18.0 Å². The summed E-state index contributed by atoms with van der Waals surface area (Å²) in [4.78, 5) is 28.6. The minimum atomic E-state index is -4.07. The first-order valence-corrected chi connectivity index (χ1v) is 14.5. The number of anilines is 1. The number of aryl methyl sites for hydroxylation is 2. The molecule has 0 aliphatic carbocycles. The first-order chi connectivity index (χ1) is 18.3. The Balaban J connectivity index is 1.99. The van der Waals surface area contributed by atoms with Crippen LogP contribution in [0.25, 0.3) is 0 Å². The van der Waals surface area contributed by atoms with Crippen LogP contribution in [0.1, 0.15) is 44.4 Å². The van der Waals surface area contributed by atoms with Gasteiger partial charge in [0.2, 0.25) is 11.8 Å². The fourth-order valence-corrected chi connectivity index (χ4v) is 5.60.